The molecule has 4 aromatic rings. The van der Waals surface area contributed by atoms with Crippen molar-refractivity contribution in [2.45, 2.75) is 19.8 Å². The lowest BCUT2D eigenvalue weighted by Gasteiger charge is -2.15. The van der Waals surface area contributed by atoms with Gasteiger partial charge in [-0.2, -0.15) is 0 Å². The summed E-state index contributed by atoms with van der Waals surface area (Å²) in [6.45, 7) is 2.36. The zero-order chi connectivity index (χ0) is 16.4. The highest BCUT2D eigenvalue weighted by Gasteiger charge is 2.10. The van der Waals surface area contributed by atoms with Crippen LogP contribution in [0.2, 0.25) is 0 Å². The molecule has 0 saturated heterocycles. The number of fused-ring (bicyclic) bond motifs is 3. The normalized spacial score (nSPS) is 12.5. The molecule has 1 unspecified atom stereocenters. The maximum absolute atomic E-state index is 2.39. The van der Waals surface area contributed by atoms with E-state index >= 15 is 0 Å². The minimum absolute atomic E-state index is 0.622. The zero-order valence-electron chi connectivity index (χ0n) is 14.1. The van der Waals surface area contributed by atoms with Gasteiger partial charge in [0.1, 0.15) is 0 Å². The topological polar surface area (TPSA) is 0 Å². The Morgan fingerprint density at radius 3 is 2.04 bits per heavy atom. The molecular weight excluding hydrogens is 288 g/mol. The van der Waals surface area contributed by atoms with Crippen LogP contribution in [0.1, 0.15) is 18.1 Å². The third kappa shape index (κ3) is 2.92. The third-order valence-electron chi connectivity index (χ3n) is 4.85. The van der Waals surface area contributed by atoms with Crippen molar-refractivity contribution in [3.8, 4) is 0 Å². The lowest BCUT2D eigenvalue weighted by Crippen LogP contribution is -2.04. The smallest absolute Gasteiger partial charge is 0.0103 e. The summed E-state index contributed by atoms with van der Waals surface area (Å²) < 4.78 is 0. The van der Waals surface area contributed by atoms with Gasteiger partial charge in [-0.3, -0.25) is 0 Å². The molecule has 0 aliphatic rings. The van der Waals surface area contributed by atoms with Crippen molar-refractivity contribution in [2.75, 3.05) is 0 Å². The van der Waals surface area contributed by atoms with Crippen molar-refractivity contribution in [1.82, 2.24) is 0 Å². The van der Waals surface area contributed by atoms with Gasteiger partial charge in [-0.25, -0.2) is 0 Å². The minimum atomic E-state index is 0.622. The highest BCUT2D eigenvalue weighted by molar-refractivity contribution is 6.08. The summed E-state index contributed by atoms with van der Waals surface area (Å²) in [6.07, 6.45) is 2.24. The Labute approximate surface area is 143 Å². The van der Waals surface area contributed by atoms with E-state index in [2.05, 4.69) is 91.9 Å². The highest BCUT2D eigenvalue weighted by Crippen LogP contribution is 2.30. The Morgan fingerprint density at radius 1 is 0.625 bits per heavy atom. The van der Waals surface area contributed by atoms with Gasteiger partial charge in [0.25, 0.3) is 0 Å². The Morgan fingerprint density at radius 2 is 1.25 bits per heavy atom. The average molecular weight is 310 g/mol. The number of hydrogen-bond donors (Lipinski definition) is 0. The van der Waals surface area contributed by atoms with Crippen molar-refractivity contribution in [2.24, 2.45) is 5.92 Å². The predicted molar refractivity (Wildman–Crippen MR) is 104 cm³/mol. The number of rotatable bonds is 4. The lowest BCUT2D eigenvalue weighted by molar-refractivity contribution is 0.579. The summed E-state index contributed by atoms with van der Waals surface area (Å²) in [4.78, 5) is 0. The van der Waals surface area contributed by atoms with Crippen LogP contribution >= 0.6 is 0 Å². The number of benzene rings is 4. The second kappa shape index (κ2) is 6.49. The summed E-state index contributed by atoms with van der Waals surface area (Å²) in [7, 11) is 0. The van der Waals surface area contributed by atoms with Gasteiger partial charge in [0.2, 0.25) is 0 Å². The van der Waals surface area contributed by atoms with E-state index in [9.17, 15) is 0 Å². The standard InChI is InChI=1S/C24H22/c1-18(15-19-9-3-2-4-10-19)16-21-17-20-11-5-6-12-22(20)24-14-8-7-13-23(21)24/h2-14,17-18H,15-16H2,1H3. The molecule has 0 heterocycles. The Balaban J connectivity index is 1.72. The first-order chi connectivity index (χ1) is 11.8. The molecule has 0 N–H and O–H groups in total. The van der Waals surface area contributed by atoms with Gasteiger partial charge in [-0.15, -0.1) is 0 Å². The molecule has 0 aliphatic carbocycles. The summed E-state index contributed by atoms with van der Waals surface area (Å²) >= 11 is 0. The van der Waals surface area contributed by atoms with Crippen molar-refractivity contribution in [1.29, 1.82) is 0 Å². The van der Waals surface area contributed by atoms with Gasteiger partial charge >= 0.3 is 0 Å². The first kappa shape index (κ1) is 15.0. The highest BCUT2D eigenvalue weighted by atomic mass is 14.1. The second-order valence-corrected chi connectivity index (χ2v) is 6.80. The van der Waals surface area contributed by atoms with E-state index in [4.69, 9.17) is 0 Å². The Bertz CT molecular complexity index is 967. The molecule has 0 saturated carbocycles. The molecule has 4 aromatic carbocycles. The molecule has 0 radical (unpaired) electrons. The van der Waals surface area contributed by atoms with E-state index in [1.807, 2.05) is 0 Å². The molecule has 0 heteroatoms. The van der Waals surface area contributed by atoms with E-state index in [1.54, 1.807) is 0 Å². The van der Waals surface area contributed by atoms with Crippen LogP contribution in [-0.2, 0) is 12.8 Å². The van der Waals surface area contributed by atoms with Gasteiger partial charge < -0.3 is 0 Å². The quantitative estimate of drug-likeness (QED) is 0.382. The van der Waals surface area contributed by atoms with Crippen LogP contribution in [0.15, 0.2) is 84.9 Å². The van der Waals surface area contributed by atoms with Crippen molar-refractivity contribution in [3.63, 3.8) is 0 Å². The van der Waals surface area contributed by atoms with Crippen LogP contribution in [0.4, 0.5) is 0 Å². The number of hydrogen-bond acceptors (Lipinski definition) is 0. The van der Waals surface area contributed by atoms with Crippen LogP contribution in [0.5, 0.6) is 0 Å². The first-order valence-electron chi connectivity index (χ1n) is 8.74. The van der Waals surface area contributed by atoms with Gasteiger partial charge in [0, 0.05) is 0 Å². The Kier molecular flexibility index (Phi) is 4.04. The predicted octanol–water partition coefficient (Wildman–Crippen LogP) is 6.41. The summed E-state index contributed by atoms with van der Waals surface area (Å²) in [6, 6.07) is 30.8. The van der Waals surface area contributed by atoms with Crippen LogP contribution < -0.4 is 0 Å². The summed E-state index contributed by atoms with van der Waals surface area (Å²) in [5.74, 6) is 0.622. The molecule has 0 nitrogen and oxygen atoms in total. The molecule has 0 aliphatic heterocycles. The average Bonchev–Trinajstić information content (AvgIpc) is 2.63. The molecule has 1 atom stereocenters. The van der Waals surface area contributed by atoms with E-state index in [0.29, 0.717) is 5.92 Å². The summed E-state index contributed by atoms with van der Waals surface area (Å²) in [5.41, 5.74) is 2.89. The van der Waals surface area contributed by atoms with E-state index < -0.39 is 0 Å². The zero-order valence-corrected chi connectivity index (χ0v) is 14.1. The molecular formula is C24H22. The van der Waals surface area contributed by atoms with E-state index in [0.717, 1.165) is 12.8 Å². The molecule has 0 spiro atoms. The van der Waals surface area contributed by atoms with Crippen LogP contribution in [0.25, 0.3) is 21.5 Å². The molecule has 0 bridgehead atoms. The largest absolute Gasteiger partial charge is 0.0622 e. The molecule has 0 amide bonds. The maximum atomic E-state index is 2.39. The second-order valence-electron chi connectivity index (χ2n) is 6.80. The molecule has 0 aromatic heterocycles. The fraction of sp³-hybridized carbons (Fsp3) is 0.167. The van der Waals surface area contributed by atoms with Crippen LogP contribution in [-0.4, -0.2) is 0 Å². The van der Waals surface area contributed by atoms with Gasteiger partial charge in [-0.1, -0.05) is 91.9 Å². The van der Waals surface area contributed by atoms with Gasteiger partial charge in [-0.05, 0) is 51.4 Å². The van der Waals surface area contributed by atoms with E-state index in [-0.39, 0.29) is 0 Å². The maximum Gasteiger partial charge on any atom is -0.0103 e. The SMILES string of the molecule is CC(Cc1ccccc1)Cc1cc2ccccc2c2ccccc12. The molecule has 24 heavy (non-hydrogen) atoms. The van der Waals surface area contributed by atoms with Crippen molar-refractivity contribution in [3.05, 3.63) is 96.1 Å². The van der Waals surface area contributed by atoms with Crippen molar-refractivity contribution < 1.29 is 0 Å². The van der Waals surface area contributed by atoms with Crippen LogP contribution in [0.3, 0.4) is 0 Å². The molecule has 4 rings (SSSR count). The summed E-state index contributed by atoms with van der Waals surface area (Å²) in [5, 5.41) is 5.47. The van der Waals surface area contributed by atoms with E-state index in [1.165, 1.54) is 32.7 Å². The Hall–Kier alpha value is -2.60. The fourth-order valence-electron chi connectivity index (χ4n) is 3.76. The van der Waals surface area contributed by atoms with Gasteiger partial charge in [0.15, 0.2) is 0 Å². The monoisotopic (exact) mass is 310 g/mol. The third-order valence-corrected chi connectivity index (χ3v) is 4.85. The van der Waals surface area contributed by atoms with Crippen LogP contribution in [0, 0.1) is 5.92 Å². The molecule has 118 valence electrons. The fourth-order valence-corrected chi connectivity index (χ4v) is 3.76. The molecule has 0 fully saturated rings. The minimum Gasteiger partial charge on any atom is -0.0622 e. The first-order valence-corrected chi connectivity index (χ1v) is 8.74. The van der Waals surface area contributed by atoms with Crippen molar-refractivity contribution >= 4 is 21.5 Å². The van der Waals surface area contributed by atoms with Gasteiger partial charge in [0.05, 0.1) is 0 Å². The lowest BCUT2D eigenvalue weighted by atomic mass is 9.89.